The minimum Gasteiger partial charge on any atom is -0.258 e. The Kier molecular flexibility index (Phi) is 4.93. The molecule has 3 nitrogen and oxygen atoms in total. The number of fused-ring (bicyclic) bond motifs is 1. The normalized spacial score (nSPS) is 10.4. The summed E-state index contributed by atoms with van der Waals surface area (Å²) in [4.78, 5) is 0. The summed E-state index contributed by atoms with van der Waals surface area (Å²) in [5.74, 6) is 0. The van der Waals surface area contributed by atoms with Gasteiger partial charge in [-0.3, -0.25) is 5.10 Å². The highest BCUT2D eigenvalue weighted by atomic mass is 15.3. The Balaban J connectivity index is 0.000000149. The summed E-state index contributed by atoms with van der Waals surface area (Å²) >= 11 is 0. The Hall–Kier alpha value is -3.20. The van der Waals surface area contributed by atoms with Crippen molar-refractivity contribution >= 4 is 23.2 Å². The van der Waals surface area contributed by atoms with Crippen molar-refractivity contribution in [1.29, 1.82) is 0 Å². The molecule has 0 atom stereocenters. The van der Waals surface area contributed by atoms with Crippen LogP contribution in [0.4, 0.5) is 0 Å². The molecule has 0 saturated heterocycles. The van der Waals surface area contributed by atoms with Crippen LogP contribution in [0.3, 0.4) is 0 Å². The third kappa shape index (κ3) is 4.38. The summed E-state index contributed by atoms with van der Waals surface area (Å²) in [6, 6.07) is 28.4. The highest BCUT2D eigenvalue weighted by Crippen LogP contribution is 2.07. The summed E-state index contributed by atoms with van der Waals surface area (Å²) < 4.78 is 0. The predicted molar refractivity (Wildman–Crippen MR) is 95.7 cm³/mol. The van der Waals surface area contributed by atoms with Gasteiger partial charge >= 0.3 is 0 Å². The predicted octanol–water partition coefficient (Wildman–Crippen LogP) is 4.81. The first-order chi connectivity index (χ1) is 11.4. The van der Waals surface area contributed by atoms with Crippen LogP contribution in [0.2, 0.25) is 0 Å². The largest absolute Gasteiger partial charge is 0.258 e. The van der Waals surface area contributed by atoms with Gasteiger partial charge in [0, 0.05) is 0 Å². The second-order valence-electron chi connectivity index (χ2n) is 4.98. The minimum atomic E-state index is 0.914. The van der Waals surface area contributed by atoms with Crippen LogP contribution in [0.25, 0.3) is 23.2 Å². The van der Waals surface area contributed by atoms with E-state index in [9.17, 15) is 0 Å². The lowest BCUT2D eigenvalue weighted by molar-refractivity contribution is 0.959. The molecule has 1 aromatic heterocycles. The molecule has 4 aromatic rings. The van der Waals surface area contributed by atoms with Crippen molar-refractivity contribution < 1.29 is 0 Å². The van der Waals surface area contributed by atoms with Crippen molar-refractivity contribution in [3.05, 3.63) is 96.1 Å². The molecule has 1 heterocycles. The summed E-state index contributed by atoms with van der Waals surface area (Å²) in [5, 5.41) is 10.2. The van der Waals surface area contributed by atoms with Gasteiger partial charge in [-0.05, 0) is 23.3 Å². The van der Waals surface area contributed by atoms with Gasteiger partial charge in [-0.2, -0.15) is 0 Å². The zero-order valence-electron chi connectivity index (χ0n) is 12.6. The number of aromatic amines is 1. The molecule has 0 amide bonds. The third-order valence-corrected chi connectivity index (χ3v) is 3.30. The van der Waals surface area contributed by atoms with E-state index >= 15 is 0 Å². The van der Waals surface area contributed by atoms with Crippen molar-refractivity contribution in [2.45, 2.75) is 0 Å². The van der Waals surface area contributed by atoms with E-state index < -0.39 is 0 Å². The Morgan fingerprint density at radius 1 is 0.609 bits per heavy atom. The minimum absolute atomic E-state index is 0.914. The maximum atomic E-state index is 3.81. The molecule has 0 aliphatic carbocycles. The van der Waals surface area contributed by atoms with Gasteiger partial charge in [-0.15, -0.1) is 5.10 Å². The lowest BCUT2D eigenvalue weighted by Gasteiger charge is -1.92. The molecule has 23 heavy (non-hydrogen) atoms. The van der Waals surface area contributed by atoms with Gasteiger partial charge in [-0.1, -0.05) is 90.2 Å². The number of nitrogens with one attached hydrogen (secondary N) is 1. The fourth-order valence-electron chi connectivity index (χ4n) is 2.11. The molecule has 1 N–H and O–H groups in total. The Morgan fingerprint density at radius 3 is 1.70 bits per heavy atom. The van der Waals surface area contributed by atoms with Gasteiger partial charge in [0.25, 0.3) is 0 Å². The van der Waals surface area contributed by atoms with Crippen LogP contribution in [-0.4, -0.2) is 15.4 Å². The van der Waals surface area contributed by atoms with Crippen molar-refractivity contribution in [2.75, 3.05) is 0 Å². The van der Waals surface area contributed by atoms with Crippen LogP contribution < -0.4 is 0 Å². The molecule has 112 valence electrons. The summed E-state index contributed by atoms with van der Waals surface area (Å²) in [7, 11) is 0. The number of hydrogen-bond acceptors (Lipinski definition) is 2. The number of H-pyrrole nitrogens is 1. The molecule has 0 spiro atoms. The third-order valence-electron chi connectivity index (χ3n) is 3.30. The quantitative estimate of drug-likeness (QED) is 0.539. The molecule has 0 saturated carbocycles. The Morgan fingerprint density at radius 2 is 1.13 bits per heavy atom. The van der Waals surface area contributed by atoms with Crippen molar-refractivity contribution in [1.82, 2.24) is 15.4 Å². The van der Waals surface area contributed by atoms with Crippen LogP contribution in [0.15, 0.2) is 84.9 Å². The van der Waals surface area contributed by atoms with Gasteiger partial charge < -0.3 is 0 Å². The fourth-order valence-corrected chi connectivity index (χ4v) is 2.11. The number of rotatable bonds is 2. The summed E-state index contributed by atoms with van der Waals surface area (Å²) in [6.45, 7) is 0. The monoisotopic (exact) mass is 299 g/mol. The highest BCUT2D eigenvalue weighted by Gasteiger charge is 1.90. The van der Waals surface area contributed by atoms with Gasteiger partial charge in [0.1, 0.15) is 5.52 Å². The van der Waals surface area contributed by atoms with E-state index in [-0.39, 0.29) is 0 Å². The SMILES string of the molecule is C(=Cc1ccccc1)c1ccccc1.c1ccc2[nH]nnc2c1. The zero-order valence-corrected chi connectivity index (χ0v) is 12.6. The molecule has 4 rings (SSSR count). The van der Waals surface area contributed by atoms with E-state index in [1.165, 1.54) is 11.1 Å². The topological polar surface area (TPSA) is 41.6 Å². The van der Waals surface area contributed by atoms with E-state index in [1.807, 2.05) is 60.7 Å². The maximum Gasteiger partial charge on any atom is 0.112 e. The Labute approximate surface area is 135 Å². The van der Waals surface area contributed by atoms with Gasteiger partial charge in [0.15, 0.2) is 0 Å². The van der Waals surface area contributed by atoms with Crippen molar-refractivity contribution in [2.24, 2.45) is 0 Å². The molecule has 0 unspecified atom stereocenters. The smallest absolute Gasteiger partial charge is 0.112 e. The first-order valence-electron chi connectivity index (χ1n) is 7.46. The molecular weight excluding hydrogens is 282 g/mol. The van der Waals surface area contributed by atoms with Crippen LogP contribution in [0.5, 0.6) is 0 Å². The zero-order chi connectivity index (χ0) is 15.7. The summed E-state index contributed by atoms with van der Waals surface area (Å²) in [6.07, 6.45) is 4.24. The van der Waals surface area contributed by atoms with Gasteiger partial charge in [0.2, 0.25) is 0 Å². The van der Waals surface area contributed by atoms with Crippen molar-refractivity contribution in [3.8, 4) is 0 Å². The van der Waals surface area contributed by atoms with Gasteiger partial charge in [-0.25, -0.2) is 0 Å². The molecule has 0 fully saturated rings. The molecule has 3 heteroatoms. The van der Waals surface area contributed by atoms with Crippen LogP contribution in [-0.2, 0) is 0 Å². The number of hydrogen-bond donors (Lipinski definition) is 1. The first-order valence-corrected chi connectivity index (χ1v) is 7.46. The van der Waals surface area contributed by atoms with E-state index in [0.717, 1.165) is 11.0 Å². The number of nitrogens with zero attached hydrogens (tertiary/aromatic N) is 2. The first kappa shape index (κ1) is 14.7. The van der Waals surface area contributed by atoms with E-state index in [4.69, 9.17) is 0 Å². The van der Waals surface area contributed by atoms with E-state index in [0.29, 0.717) is 0 Å². The molecular formula is C20H17N3. The lowest BCUT2D eigenvalue weighted by Crippen LogP contribution is -1.70. The fraction of sp³-hybridized carbons (Fsp3) is 0. The maximum absolute atomic E-state index is 3.81. The average molecular weight is 299 g/mol. The standard InChI is InChI=1S/C14H12.C6H5N3/c1-3-7-13(8-4-1)11-12-14-9-5-2-6-10-14;1-2-4-6-5(3-1)7-9-8-6/h1-12H;1-4H,(H,7,8,9). The lowest BCUT2D eigenvalue weighted by atomic mass is 10.1. The van der Waals surface area contributed by atoms with E-state index in [2.05, 4.69) is 51.8 Å². The highest BCUT2D eigenvalue weighted by molar-refractivity contribution is 5.72. The molecule has 3 aromatic carbocycles. The van der Waals surface area contributed by atoms with Gasteiger partial charge in [0.05, 0.1) is 5.52 Å². The van der Waals surface area contributed by atoms with Crippen molar-refractivity contribution in [3.63, 3.8) is 0 Å². The Bertz CT molecular complexity index is 793. The number of para-hydroxylation sites is 1. The second-order valence-corrected chi connectivity index (χ2v) is 4.98. The van der Waals surface area contributed by atoms with E-state index in [1.54, 1.807) is 0 Å². The number of aromatic nitrogens is 3. The van der Waals surface area contributed by atoms with Crippen LogP contribution >= 0.6 is 0 Å². The van der Waals surface area contributed by atoms with Crippen LogP contribution in [0.1, 0.15) is 11.1 Å². The second kappa shape index (κ2) is 7.71. The average Bonchev–Trinajstić information content (AvgIpc) is 3.11. The molecule has 0 aliphatic heterocycles. The molecule has 0 radical (unpaired) electrons. The summed E-state index contributed by atoms with van der Waals surface area (Å²) in [5.41, 5.74) is 4.36. The molecule has 0 bridgehead atoms. The van der Waals surface area contributed by atoms with Crippen LogP contribution in [0, 0.1) is 0 Å². The number of benzene rings is 3. The molecule has 0 aliphatic rings.